The normalized spacial score (nSPS) is 23.3. The molecule has 0 spiro atoms. The monoisotopic (exact) mass is 322 g/mol. The standard InChI is InChI=1S/C21H22O3/c1-3-24-21(23)14(2)17-18(15-10-6-4-7-11-15)19(17)20(22)16-12-8-5-9-13-16/h4-14,17-19H,3H2,1-2H3/t14-,17+,18-,19-/m1/s1. The van der Waals surface area contributed by atoms with Gasteiger partial charge in [0, 0.05) is 11.5 Å². The molecule has 1 saturated carbocycles. The number of carbonyl (C=O) groups is 2. The van der Waals surface area contributed by atoms with Crippen LogP contribution in [0.1, 0.15) is 35.7 Å². The Morgan fingerprint density at radius 3 is 2.17 bits per heavy atom. The molecule has 0 aliphatic heterocycles. The van der Waals surface area contributed by atoms with E-state index in [0.29, 0.717) is 12.2 Å². The lowest BCUT2D eigenvalue weighted by Gasteiger charge is -2.10. The maximum absolute atomic E-state index is 12.9. The third kappa shape index (κ3) is 3.12. The average Bonchev–Trinajstić information content (AvgIpc) is 3.37. The zero-order valence-corrected chi connectivity index (χ0v) is 14.0. The molecular formula is C21H22O3. The zero-order valence-electron chi connectivity index (χ0n) is 14.0. The van der Waals surface area contributed by atoms with Crippen LogP contribution in [0.25, 0.3) is 0 Å². The van der Waals surface area contributed by atoms with Crippen LogP contribution in [-0.2, 0) is 9.53 Å². The van der Waals surface area contributed by atoms with E-state index in [1.54, 1.807) is 6.92 Å². The molecule has 1 aliphatic carbocycles. The van der Waals surface area contributed by atoms with Crippen LogP contribution in [-0.4, -0.2) is 18.4 Å². The molecule has 2 aromatic carbocycles. The number of Topliss-reactive ketones (excluding diaryl/α,β-unsaturated/α-hetero) is 1. The van der Waals surface area contributed by atoms with Crippen molar-refractivity contribution in [2.45, 2.75) is 19.8 Å². The van der Waals surface area contributed by atoms with Crippen LogP contribution in [0.5, 0.6) is 0 Å². The number of ether oxygens (including phenoxy) is 1. The highest BCUT2D eigenvalue weighted by Gasteiger charge is 2.59. The first kappa shape index (κ1) is 16.4. The number of rotatable bonds is 6. The van der Waals surface area contributed by atoms with Gasteiger partial charge in [0.2, 0.25) is 0 Å². The molecule has 0 radical (unpaired) electrons. The van der Waals surface area contributed by atoms with E-state index in [2.05, 4.69) is 0 Å². The van der Waals surface area contributed by atoms with E-state index in [9.17, 15) is 9.59 Å². The molecule has 24 heavy (non-hydrogen) atoms. The summed E-state index contributed by atoms with van der Waals surface area (Å²) < 4.78 is 5.17. The molecule has 0 amide bonds. The lowest BCUT2D eigenvalue weighted by atomic mass is 10.00. The lowest BCUT2D eigenvalue weighted by Crippen LogP contribution is -2.19. The molecule has 3 heteroatoms. The van der Waals surface area contributed by atoms with Gasteiger partial charge in [-0.15, -0.1) is 0 Å². The molecular weight excluding hydrogens is 300 g/mol. The Morgan fingerprint density at radius 1 is 1.00 bits per heavy atom. The summed E-state index contributed by atoms with van der Waals surface area (Å²) in [6.45, 7) is 4.04. The minimum atomic E-state index is -0.284. The van der Waals surface area contributed by atoms with E-state index < -0.39 is 0 Å². The SMILES string of the molecule is CCOC(=O)[C@H](C)[C@@H]1[C@@H](C(=O)c2ccccc2)[C@@H]1c1ccccc1. The van der Waals surface area contributed by atoms with Gasteiger partial charge in [0.1, 0.15) is 0 Å². The smallest absolute Gasteiger partial charge is 0.308 e. The van der Waals surface area contributed by atoms with E-state index in [0.717, 1.165) is 5.56 Å². The van der Waals surface area contributed by atoms with Crippen LogP contribution < -0.4 is 0 Å². The van der Waals surface area contributed by atoms with Crippen LogP contribution in [0, 0.1) is 17.8 Å². The summed E-state index contributed by atoms with van der Waals surface area (Å²) in [6.07, 6.45) is 0. The number of esters is 1. The van der Waals surface area contributed by atoms with Gasteiger partial charge in [-0.25, -0.2) is 0 Å². The minimum Gasteiger partial charge on any atom is -0.466 e. The highest BCUT2D eigenvalue weighted by atomic mass is 16.5. The molecule has 2 aromatic rings. The highest BCUT2D eigenvalue weighted by molar-refractivity contribution is 6.01. The second kappa shape index (κ2) is 7.00. The van der Waals surface area contributed by atoms with Gasteiger partial charge in [-0.05, 0) is 24.3 Å². The topological polar surface area (TPSA) is 43.4 Å². The lowest BCUT2D eigenvalue weighted by molar-refractivity contribution is -0.148. The van der Waals surface area contributed by atoms with Gasteiger partial charge >= 0.3 is 5.97 Å². The second-order valence-electron chi connectivity index (χ2n) is 6.31. The predicted octanol–water partition coefficient (Wildman–Crippen LogP) is 4.10. The van der Waals surface area contributed by atoms with Crippen molar-refractivity contribution in [3.05, 3.63) is 71.8 Å². The zero-order chi connectivity index (χ0) is 17.1. The van der Waals surface area contributed by atoms with Crippen molar-refractivity contribution in [2.24, 2.45) is 17.8 Å². The Hall–Kier alpha value is -2.42. The van der Waals surface area contributed by atoms with Crippen LogP contribution in [0.4, 0.5) is 0 Å². The first-order valence-electron chi connectivity index (χ1n) is 8.46. The maximum Gasteiger partial charge on any atom is 0.308 e. The quantitative estimate of drug-likeness (QED) is 0.594. The van der Waals surface area contributed by atoms with E-state index >= 15 is 0 Å². The van der Waals surface area contributed by atoms with Gasteiger partial charge in [0.15, 0.2) is 5.78 Å². The van der Waals surface area contributed by atoms with E-state index in [4.69, 9.17) is 4.74 Å². The van der Waals surface area contributed by atoms with Crippen molar-refractivity contribution >= 4 is 11.8 Å². The third-order valence-electron chi connectivity index (χ3n) is 4.86. The van der Waals surface area contributed by atoms with Crippen LogP contribution >= 0.6 is 0 Å². The van der Waals surface area contributed by atoms with Crippen molar-refractivity contribution < 1.29 is 14.3 Å². The Labute approximate surface area is 142 Å². The maximum atomic E-state index is 12.9. The Morgan fingerprint density at radius 2 is 1.58 bits per heavy atom. The Bertz CT molecular complexity index is 708. The fourth-order valence-corrected chi connectivity index (χ4v) is 3.62. The number of hydrogen-bond donors (Lipinski definition) is 0. The molecule has 0 N–H and O–H groups in total. The molecule has 3 nitrogen and oxygen atoms in total. The second-order valence-corrected chi connectivity index (χ2v) is 6.31. The van der Waals surface area contributed by atoms with Crippen LogP contribution in [0.15, 0.2) is 60.7 Å². The number of carbonyl (C=O) groups excluding carboxylic acids is 2. The molecule has 0 unspecified atom stereocenters. The first-order valence-corrected chi connectivity index (χ1v) is 8.46. The molecule has 0 aromatic heterocycles. The highest BCUT2D eigenvalue weighted by Crippen LogP contribution is 2.59. The summed E-state index contributed by atoms with van der Waals surface area (Å²) in [5, 5.41) is 0. The number of ketones is 1. The minimum absolute atomic E-state index is 0.000781. The molecule has 0 saturated heterocycles. The van der Waals surface area contributed by atoms with E-state index in [1.165, 1.54) is 0 Å². The number of hydrogen-bond acceptors (Lipinski definition) is 3. The molecule has 1 aliphatic rings. The molecule has 1 fully saturated rings. The summed E-state index contributed by atoms with van der Waals surface area (Å²) in [4.78, 5) is 25.1. The van der Waals surface area contributed by atoms with Crippen LogP contribution in [0.3, 0.4) is 0 Å². The molecule has 4 atom stereocenters. The molecule has 124 valence electrons. The van der Waals surface area contributed by atoms with Gasteiger partial charge in [-0.2, -0.15) is 0 Å². The van der Waals surface area contributed by atoms with Gasteiger partial charge in [0.05, 0.1) is 12.5 Å². The summed E-state index contributed by atoms with van der Waals surface area (Å²) in [7, 11) is 0. The van der Waals surface area contributed by atoms with Gasteiger partial charge in [0.25, 0.3) is 0 Å². The van der Waals surface area contributed by atoms with Crippen molar-refractivity contribution in [3.63, 3.8) is 0 Å². The fraction of sp³-hybridized carbons (Fsp3) is 0.333. The Balaban J connectivity index is 1.87. The van der Waals surface area contributed by atoms with Gasteiger partial charge in [-0.1, -0.05) is 67.6 Å². The van der Waals surface area contributed by atoms with Gasteiger partial charge in [-0.3, -0.25) is 9.59 Å². The number of benzene rings is 2. The van der Waals surface area contributed by atoms with Crippen molar-refractivity contribution in [3.8, 4) is 0 Å². The molecule has 0 bridgehead atoms. The van der Waals surface area contributed by atoms with E-state index in [1.807, 2.05) is 67.6 Å². The predicted molar refractivity (Wildman–Crippen MR) is 92.7 cm³/mol. The summed E-state index contributed by atoms with van der Waals surface area (Å²) in [5.41, 5.74) is 1.83. The summed E-state index contributed by atoms with van der Waals surface area (Å²) in [5.74, 6) is -0.461. The van der Waals surface area contributed by atoms with Gasteiger partial charge < -0.3 is 4.74 Å². The molecule has 3 rings (SSSR count). The van der Waals surface area contributed by atoms with Crippen molar-refractivity contribution in [1.29, 1.82) is 0 Å². The van der Waals surface area contributed by atoms with Crippen LogP contribution in [0.2, 0.25) is 0 Å². The van der Waals surface area contributed by atoms with Crippen molar-refractivity contribution in [2.75, 3.05) is 6.61 Å². The summed E-state index contributed by atoms with van der Waals surface area (Å²) in [6, 6.07) is 19.3. The summed E-state index contributed by atoms with van der Waals surface area (Å²) >= 11 is 0. The largest absolute Gasteiger partial charge is 0.466 e. The molecule has 0 heterocycles. The fourth-order valence-electron chi connectivity index (χ4n) is 3.62. The first-order chi connectivity index (χ1) is 11.6. The van der Waals surface area contributed by atoms with Crippen molar-refractivity contribution in [1.82, 2.24) is 0 Å². The average molecular weight is 322 g/mol. The third-order valence-corrected chi connectivity index (χ3v) is 4.86. The van der Waals surface area contributed by atoms with E-state index in [-0.39, 0.29) is 35.4 Å². The Kier molecular flexibility index (Phi) is 4.79.